The molecule has 4 nitrogen and oxygen atoms in total. The molecule has 96 valence electrons. The Labute approximate surface area is 111 Å². The van der Waals surface area contributed by atoms with Crippen molar-refractivity contribution in [2.75, 3.05) is 18.6 Å². The Kier molecular flexibility index (Phi) is 3.07. The molecule has 0 radical (unpaired) electrons. The quantitative estimate of drug-likeness (QED) is 0.924. The van der Waals surface area contributed by atoms with Crippen molar-refractivity contribution in [2.24, 2.45) is 0 Å². The molecule has 1 unspecified atom stereocenters. The van der Waals surface area contributed by atoms with Crippen LogP contribution in [0.25, 0.3) is 11.0 Å². The minimum Gasteiger partial charge on any atom is -0.497 e. The third-order valence-corrected chi connectivity index (χ3v) is 4.78. The molecule has 0 amide bonds. The molecule has 1 aromatic heterocycles. The first-order valence-corrected chi connectivity index (χ1v) is 7.24. The SMILES string of the molecule is COc1ccc2c(c1)nc(N)n2CC1CCCS1. The van der Waals surface area contributed by atoms with Crippen LogP contribution >= 0.6 is 11.8 Å². The predicted molar refractivity (Wildman–Crippen MR) is 76.2 cm³/mol. The minimum atomic E-state index is 0.603. The number of hydrogen-bond donors (Lipinski definition) is 1. The Morgan fingerprint density at radius 3 is 3.17 bits per heavy atom. The van der Waals surface area contributed by atoms with Crippen molar-refractivity contribution >= 4 is 28.7 Å². The molecule has 2 aromatic rings. The average Bonchev–Trinajstić information content (AvgIpc) is 2.98. The van der Waals surface area contributed by atoms with Gasteiger partial charge in [-0.2, -0.15) is 11.8 Å². The summed E-state index contributed by atoms with van der Waals surface area (Å²) >= 11 is 2.04. The lowest BCUT2D eigenvalue weighted by Crippen LogP contribution is -2.12. The molecule has 1 fully saturated rings. The predicted octanol–water partition coefficient (Wildman–Crippen LogP) is 2.52. The zero-order chi connectivity index (χ0) is 12.5. The lowest BCUT2D eigenvalue weighted by atomic mass is 10.2. The first kappa shape index (κ1) is 11.7. The third-order valence-electron chi connectivity index (χ3n) is 3.40. The fourth-order valence-electron chi connectivity index (χ4n) is 2.44. The fourth-order valence-corrected chi connectivity index (χ4v) is 3.69. The number of nitrogens with zero attached hydrogens (tertiary/aromatic N) is 2. The largest absolute Gasteiger partial charge is 0.497 e. The van der Waals surface area contributed by atoms with Gasteiger partial charge in [0.2, 0.25) is 5.95 Å². The van der Waals surface area contributed by atoms with Gasteiger partial charge in [0, 0.05) is 17.9 Å². The smallest absolute Gasteiger partial charge is 0.201 e. The highest BCUT2D eigenvalue weighted by molar-refractivity contribution is 8.00. The fraction of sp³-hybridized carbons (Fsp3) is 0.462. The number of methoxy groups -OCH3 is 1. The number of rotatable bonds is 3. The molecule has 2 heterocycles. The van der Waals surface area contributed by atoms with Crippen LogP contribution in [0.15, 0.2) is 18.2 Å². The summed E-state index contributed by atoms with van der Waals surface area (Å²) in [5.41, 5.74) is 8.03. The van der Waals surface area contributed by atoms with E-state index in [-0.39, 0.29) is 0 Å². The number of ether oxygens (including phenoxy) is 1. The molecular weight excluding hydrogens is 246 g/mol. The lowest BCUT2D eigenvalue weighted by Gasteiger charge is -2.11. The van der Waals surface area contributed by atoms with Crippen LogP contribution in [0.1, 0.15) is 12.8 Å². The standard InChI is InChI=1S/C13H17N3OS/c1-17-9-4-5-12-11(7-9)15-13(14)16(12)8-10-3-2-6-18-10/h4-5,7,10H,2-3,6,8H2,1H3,(H2,14,15). The van der Waals surface area contributed by atoms with E-state index in [0.717, 1.165) is 23.3 Å². The van der Waals surface area contributed by atoms with Gasteiger partial charge in [-0.3, -0.25) is 0 Å². The van der Waals surface area contributed by atoms with Crippen LogP contribution in [0.3, 0.4) is 0 Å². The van der Waals surface area contributed by atoms with Crippen LogP contribution in [-0.4, -0.2) is 27.7 Å². The van der Waals surface area contributed by atoms with Gasteiger partial charge in [-0.15, -0.1) is 0 Å². The Morgan fingerprint density at radius 1 is 1.56 bits per heavy atom. The zero-order valence-corrected chi connectivity index (χ0v) is 11.2. The molecule has 1 saturated heterocycles. The van der Waals surface area contributed by atoms with Crippen molar-refractivity contribution in [2.45, 2.75) is 24.6 Å². The maximum absolute atomic E-state index is 6.02. The van der Waals surface area contributed by atoms with Crippen molar-refractivity contribution in [3.05, 3.63) is 18.2 Å². The van der Waals surface area contributed by atoms with E-state index in [0.29, 0.717) is 11.2 Å². The molecule has 2 N–H and O–H groups in total. The van der Waals surface area contributed by atoms with Crippen LogP contribution in [0.2, 0.25) is 0 Å². The molecule has 1 aromatic carbocycles. The first-order chi connectivity index (χ1) is 8.78. The molecule has 18 heavy (non-hydrogen) atoms. The van der Waals surface area contributed by atoms with Gasteiger partial charge in [-0.25, -0.2) is 4.98 Å². The van der Waals surface area contributed by atoms with Gasteiger partial charge in [-0.05, 0) is 30.7 Å². The highest BCUT2D eigenvalue weighted by Gasteiger charge is 2.18. The van der Waals surface area contributed by atoms with Crippen LogP contribution in [0.5, 0.6) is 5.75 Å². The van der Waals surface area contributed by atoms with Crippen LogP contribution in [-0.2, 0) is 6.54 Å². The van der Waals surface area contributed by atoms with Crippen LogP contribution in [0.4, 0.5) is 5.95 Å². The molecule has 1 aliphatic rings. The number of hydrogen-bond acceptors (Lipinski definition) is 4. The number of aromatic nitrogens is 2. The highest BCUT2D eigenvalue weighted by atomic mass is 32.2. The number of anilines is 1. The normalized spacial score (nSPS) is 19.5. The van der Waals surface area contributed by atoms with Crippen LogP contribution < -0.4 is 10.5 Å². The number of nitrogen functional groups attached to an aromatic ring is 1. The Hall–Kier alpha value is -1.36. The second-order valence-corrected chi connectivity index (χ2v) is 5.98. The summed E-state index contributed by atoms with van der Waals surface area (Å²) in [6.07, 6.45) is 2.59. The monoisotopic (exact) mass is 263 g/mol. The number of nitrogens with two attached hydrogens (primary N) is 1. The Morgan fingerprint density at radius 2 is 2.44 bits per heavy atom. The van der Waals surface area contributed by atoms with E-state index in [1.807, 2.05) is 30.0 Å². The summed E-state index contributed by atoms with van der Waals surface area (Å²) < 4.78 is 7.33. The lowest BCUT2D eigenvalue weighted by molar-refractivity contribution is 0.415. The van der Waals surface area contributed by atoms with Gasteiger partial charge in [-0.1, -0.05) is 0 Å². The molecular formula is C13H17N3OS. The molecule has 1 aliphatic heterocycles. The second kappa shape index (κ2) is 4.72. The van der Waals surface area contributed by atoms with Crippen molar-refractivity contribution in [3.8, 4) is 5.75 Å². The van der Waals surface area contributed by atoms with Gasteiger partial charge >= 0.3 is 0 Å². The van der Waals surface area contributed by atoms with E-state index in [2.05, 4.69) is 9.55 Å². The summed E-state index contributed by atoms with van der Waals surface area (Å²) in [4.78, 5) is 4.42. The van der Waals surface area contributed by atoms with Crippen molar-refractivity contribution in [3.63, 3.8) is 0 Å². The number of thioether (sulfide) groups is 1. The number of imidazole rings is 1. The zero-order valence-electron chi connectivity index (χ0n) is 10.4. The molecule has 0 aliphatic carbocycles. The number of fused-ring (bicyclic) bond motifs is 1. The van der Waals surface area contributed by atoms with Crippen molar-refractivity contribution < 1.29 is 4.74 Å². The molecule has 3 rings (SSSR count). The summed E-state index contributed by atoms with van der Waals surface area (Å²) in [6.45, 7) is 0.958. The maximum atomic E-state index is 6.02. The van der Waals surface area contributed by atoms with Gasteiger partial charge in [0.15, 0.2) is 0 Å². The second-order valence-electron chi connectivity index (χ2n) is 4.57. The summed E-state index contributed by atoms with van der Waals surface area (Å²) in [7, 11) is 1.66. The third kappa shape index (κ3) is 2.03. The summed E-state index contributed by atoms with van der Waals surface area (Å²) in [5.74, 6) is 2.69. The van der Waals surface area contributed by atoms with E-state index >= 15 is 0 Å². The van der Waals surface area contributed by atoms with Crippen molar-refractivity contribution in [1.82, 2.24) is 9.55 Å². The van der Waals surface area contributed by atoms with Crippen molar-refractivity contribution in [1.29, 1.82) is 0 Å². The summed E-state index contributed by atoms with van der Waals surface area (Å²) in [5, 5.41) is 0.673. The number of benzene rings is 1. The average molecular weight is 263 g/mol. The highest BCUT2D eigenvalue weighted by Crippen LogP contribution is 2.30. The summed E-state index contributed by atoms with van der Waals surface area (Å²) in [6, 6.07) is 5.93. The Balaban J connectivity index is 1.97. The van der Waals surface area contributed by atoms with E-state index < -0.39 is 0 Å². The van der Waals surface area contributed by atoms with E-state index in [9.17, 15) is 0 Å². The minimum absolute atomic E-state index is 0.603. The first-order valence-electron chi connectivity index (χ1n) is 6.19. The van der Waals surface area contributed by atoms with Gasteiger partial charge in [0.1, 0.15) is 5.75 Å². The van der Waals surface area contributed by atoms with E-state index in [1.165, 1.54) is 18.6 Å². The topological polar surface area (TPSA) is 53.1 Å². The molecule has 0 spiro atoms. The molecule has 5 heteroatoms. The molecule has 1 atom stereocenters. The van der Waals surface area contributed by atoms with Gasteiger partial charge in [0.05, 0.1) is 18.1 Å². The maximum Gasteiger partial charge on any atom is 0.201 e. The van der Waals surface area contributed by atoms with E-state index in [1.54, 1.807) is 7.11 Å². The molecule has 0 bridgehead atoms. The van der Waals surface area contributed by atoms with Gasteiger partial charge in [0.25, 0.3) is 0 Å². The Bertz CT molecular complexity index is 561. The van der Waals surface area contributed by atoms with Gasteiger partial charge < -0.3 is 15.0 Å². The molecule has 0 saturated carbocycles. The van der Waals surface area contributed by atoms with Crippen LogP contribution in [0, 0.1) is 0 Å². The van der Waals surface area contributed by atoms with E-state index in [4.69, 9.17) is 10.5 Å².